The van der Waals surface area contributed by atoms with Crippen molar-refractivity contribution in [1.29, 1.82) is 0 Å². The van der Waals surface area contributed by atoms with Crippen molar-refractivity contribution in [1.82, 2.24) is 0 Å². The maximum Gasteiger partial charge on any atom is 0.413 e. The molecule has 0 amide bonds. The fourth-order valence-electron chi connectivity index (χ4n) is 0.929. The average Bonchev–Trinajstić information content (AvgIpc) is 2.32. The van der Waals surface area contributed by atoms with Crippen molar-refractivity contribution in [2.75, 3.05) is 6.61 Å². The van der Waals surface area contributed by atoms with Crippen LogP contribution in [0.4, 0.5) is 0 Å². The molecule has 4 nitrogen and oxygen atoms in total. The molecule has 0 unspecified atom stereocenters. The standard InChI is InChI=1S/C9H10.C4H6N2O2.CH4/c1-3-9-6-4-8(2)5-7-9;1-2-8-4(7)3-6-5;/h3-7H,1H2,2H3;3H,2H2,1H3;1H4. The molecular formula is C14H20N2O2. The van der Waals surface area contributed by atoms with Crippen LogP contribution in [0.15, 0.2) is 30.8 Å². The van der Waals surface area contributed by atoms with Crippen LogP contribution in [-0.2, 0) is 9.53 Å². The molecule has 0 aliphatic rings. The molecule has 0 aromatic heterocycles. The zero-order chi connectivity index (χ0) is 13.1. The van der Waals surface area contributed by atoms with Crippen molar-refractivity contribution >= 4 is 18.3 Å². The second kappa shape index (κ2) is 11.3. The van der Waals surface area contributed by atoms with E-state index in [4.69, 9.17) is 5.53 Å². The number of ether oxygens (including phenoxy) is 1. The Morgan fingerprint density at radius 3 is 2.39 bits per heavy atom. The highest BCUT2D eigenvalue weighted by molar-refractivity contribution is 6.20. The number of aryl methyl sites for hydroxylation is 1. The Bertz CT molecular complexity index is 404. The molecule has 0 aliphatic carbocycles. The molecule has 1 rings (SSSR count). The Labute approximate surface area is 109 Å². The fourth-order valence-corrected chi connectivity index (χ4v) is 0.929. The molecule has 1 aromatic rings. The van der Waals surface area contributed by atoms with E-state index >= 15 is 0 Å². The van der Waals surface area contributed by atoms with Crippen LogP contribution in [0.1, 0.15) is 25.5 Å². The topological polar surface area (TPSA) is 62.7 Å². The first-order valence-electron chi connectivity index (χ1n) is 5.17. The SMILES string of the molecule is C.C=Cc1ccc(C)cc1.CCOC(=O)C=[N+]=[N-]. The summed E-state index contributed by atoms with van der Waals surface area (Å²) in [5.74, 6) is -0.630. The van der Waals surface area contributed by atoms with Gasteiger partial charge in [-0.3, -0.25) is 0 Å². The first-order valence-corrected chi connectivity index (χ1v) is 5.17. The smallest absolute Gasteiger partial charge is 0.413 e. The van der Waals surface area contributed by atoms with Crippen LogP contribution in [0.5, 0.6) is 0 Å². The number of rotatable bonds is 3. The fraction of sp³-hybridized carbons (Fsp3) is 0.286. The minimum absolute atomic E-state index is 0. The molecule has 0 aliphatic heterocycles. The van der Waals surface area contributed by atoms with E-state index < -0.39 is 5.97 Å². The molecule has 0 heterocycles. The first-order chi connectivity index (χ1) is 8.13. The van der Waals surface area contributed by atoms with Crippen molar-refractivity contribution in [2.45, 2.75) is 21.3 Å². The van der Waals surface area contributed by atoms with Gasteiger partial charge in [-0.1, -0.05) is 49.9 Å². The molecule has 18 heavy (non-hydrogen) atoms. The number of esters is 1. The third kappa shape index (κ3) is 9.07. The lowest BCUT2D eigenvalue weighted by molar-refractivity contribution is -0.138. The van der Waals surface area contributed by atoms with E-state index in [0.29, 0.717) is 12.8 Å². The molecule has 0 radical (unpaired) electrons. The van der Waals surface area contributed by atoms with Crippen molar-refractivity contribution in [3.8, 4) is 0 Å². The maximum atomic E-state index is 10.1. The summed E-state index contributed by atoms with van der Waals surface area (Å²) < 4.78 is 4.33. The van der Waals surface area contributed by atoms with Gasteiger partial charge >= 0.3 is 12.2 Å². The number of carbonyl (C=O) groups is 1. The zero-order valence-electron chi connectivity index (χ0n) is 10.1. The van der Waals surface area contributed by atoms with E-state index in [1.54, 1.807) is 6.92 Å². The van der Waals surface area contributed by atoms with E-state index in [-0.39, 0.29) is 7.43 Å². The minimum atomic E-state index is -0.630. The monoisotopic (exact) mass is 248 g/mol. The van der Waals surface area contributed by atoms with Crippen LogP contribution in [-0.4, -0.2) is 23.6 Å². The summed E-state index contributed by atoms with van der Waals surface area (Å²) in [5, 5.41) is 0. The zero-order valence-corrected chi connectivity index (χ0v) is 10.1. The second-order valence-corrected chi connectivity index (χ2v) is 3.11. The predicted octanol–water partition coefficient (Wildman–Crippen LogP) is 3.12. The molecule has 0 saturated carbocycles. The number of hydrogen-bond donors (Lipinski definition) is 0. The van der Waals surface area contributed by atoms with Gasteiger partial charge in [-0.25, -0.2) is 4.79 Å². The summed E-state index contributed by atoms with van der Waals surface area (Å²) in [7, 11) is 0. The van der Waals surface area contributed by atoms with Gasteiger partial charge in [0, 0.05) is 0 Å². The molecular weight excluding hydrogens is 228 g/mol. The summed E-state index contributed by atoms with van der Waals surface area (Å²) in [6, 6.07) is 8.28. The van der Waals surface area contributed by atoms with Gasteiger partial charge < -0.3 is 10.3 Å². The highest BCUT2D eigenvalue weighted by Gasteiger charge is 1.97. The van der Waals surface area contributed by atoms with Crippen LogP contribution in [0.2, 0.25) is 0 Å². The van der Waals surface area contributed by atoms with E-state index in [2.05, 4.69) is 47.3 Å². The number of benzene rings is 1. The van der Waals surface area contributed by atoms with Crippen LogP contribution < -0.4 is 0 Å². The largest absolute Gasteiger partial charge is 0.458 e. The molecule has 0 bridgehead atoms. The predicted molar refractivity (Wildman–Crippen MR) is 74.3 cm³/mol. The van der Waals surface area contributed by atoms with E-state index in [1.165, 1.54) is 11.1 Å². The van der Waals surface area contributed by atoms with Crippen LogP contribution in [0.3, 0.4) is 0 Å². The highest BCUT2D eigenvalue weighted by Crippen LogP contribution is 2.02. The van der Waals surface area contributed by atoms with Crippen molar-refractivity contribution in [2.24, 2.45) is 0 Å². The van der Waals surface area contributed by atoms with Gasteiger partial charge in [0.05, 0.1) is 6.61 Å². The molecule has 1 aromatic carbocycles. The number of nitrogens with zero attached hydrogens (tertiary/aromatic N) is 2. The quantitative estimate of drug-likeness (QED) is 0.357. The third-order valence-electron chi connectivity index (χ3n) is 1.76. The number of hydrogen-bond acceptors (Lipinski definition) is 2. The van der Waals surface area contributed by atoms with Gasteiger partial charge in [0.25, 0.3) is 0 Å². The van der Waals surface area contributed by atoms with Crippen molar-refractivity contribution in [3.05, 3.63) is 47.5 Å². The molecule has 98 valence electrons. The van der Waals surface area contributed by atoms with E-state index in [0.717, 1.165) is 0 Å². The Morgan fingerprint density at radius 2 is 2.00 bits per heavy atom. The molecule has 0 N–H and O–H groups in total. The van der Waals surface area contributed by atoms with Crippen LogP contribution in [0.25, 0.3) is 11.6 Å². The second-order valence-electron chi connectivity index (χ2n) is 3.11. The molecule has 0 spiro atoms. The first kappa shape index (κ1) is 18.2. The molecule has 0 fully saturated rings. The van der Waals surface area contributed by atoms with E-state index in [1.807, 2.05) is 6.08 Å². The van der Waals surface area contributed by atoms with Crippen LogP contribution >= 0.6 is 0 Å². The lowest BCUT2D eigenvalue weighted by Gasteiger charge is -1.91. The van der Waals surface area contributed by atoms with Gasteiger partial charge in [-0.05, 0) is 19.4 Å². The molecule has 4 heteroatoms. The van der Waals surface area contributed by atoms with Crippen LogP contribution in [0, 0.1) is 6.92 Å². The average molecular weight is 248 g/mol. The van der Waals surface area contributed by atoms with Gasteiger partial charge in [-0.15, -0.1) is 0 Å². The van der Waals surface area contributed by atoms with Crippen molar-refractivity contribution in [3.63, 3.8) is 0 Å². The lowest BCUT2D eigenvalue weighted by Crippen LogP contribution is -2.04. The summed E-state index contributed by atoms with van der Waals surface area (Å²) >= 11 is 0. The van der Waals surface area contributed by atoms with E-state index in [9.17, 15) is 4.79 Å². The summed E-state index contributed by atoms with van der Waals surface area (Å²) in [6.45, 7) is 7.70. The van der Waals surface area contributed by atoms with Gasteiger partial charge in [0.15, 0.2) is 0 Å². The Morgan fingerprint density at radius 1 is 1.44 bits per heavy atom. The molecule has 0 atom stereocenters. The number of carbonyl (C=O) groups excluding carboxylic acids is 1. The van der Waals surface area contributed by atoms with Crippen molar-refractivity contribution < 1.29 is 14.3 Å². The third-order valence-corrected chi connectivity index (χ3v) is 1.76. The normalized spacial score (nSPS) is 7.67. The Hall–Kier alpha value is -2.19. The van der Waals surface area contributed by atoms with Gasteiger partial charge in [0.1, 0.15) is 0 Å². The summed E-state index contributed by atoms with van der Waals surface area (Å²) in [5.41, 5.74) is 10.2. The Kier molecular flexibility index (Phi) is 11.4. The summed E-state index contributed by atoms with van der Waals surface area (Å²) in [4.78, 5) is 12.6. The maximum absolute atomic E-state index is 10.1. The van der Waals surface area contributed by atoms with Gasteiger partial charge in [-0.2, -0.15) is 4.79 Å². The highest BCUT2D eigenvalue weighted by atomic mass is 16.5. The van der Waals surface area contributed by atoms with Gasteiger partial charge in [0.2, 0.25) is 0 Å². The molecule has 0 saturated heterocycles. The summed E-state index contributed by atoms with van der Waals surface area (Å²) in [6.07, 6.45) is 2.54. The minimum Gasteiger partial charge on any atom is -0.458 e. The Balaban J connectivity index is 0. The lowest BCUT2D eigenvalue weighted by atomic mass is 10.2.